The van der Waals surface area contributed by atoms with Gasteiger partial charge in [0, 0.05) is 24.8 Å². The van der Waals surface area contributed by atoms with Crippen molar-refractivity contribution in [2.75, 3.05) is 0 Å². The summed E-state index contributed by atoms with van der Waals surface area (Å²) >= 11 is 0. The normalized spacial score (nSPS) is 30.4. The Morgan fingerprint density at radius 2 is 2.07 bits per heavy atom. The lowest BCUT2D eigenvalue weighted by atomic mass is 9.57. The molecule has 1 aliphatic heterocycles. The summed E-state index contributed by atoms with van der Waals surface area (Å²) in [6.07, 6.45) is 3.60. The number of carbonyl (C=O) groups is 1. The Morgan fingerprint density at radius 3 is 2.74 bits per heavy atom. The van der Waals surface area contributed by atoms with E-state index in [9.17, 15) is 15.2 Å². The number of aliphatic hydroxyl groups is 1. The van der Waals surface area contributed by atoms with Gasteiger partial charge in [-0.3, -0.25) is 4.79 Å². The van der Waals surface area contributed by atoms with E-state index in [1.165, 1.54) is 4.90 Å². The molecule has 27 heavy (non-hydrogen) atoms. The van der Waals surface area contributed by atoms with Crippen molar-refractivity contribution in [1.29, 1.82) is 5.26 Å². The van der Waals surface area contributed by atoms with Crippen molar-refractivity contribution in [3.05, 3.63) is 71.7 Å². The highest BCUT2D eigenvalue weighted by molar-refractivity contribution is 5.89. The summed E-state index contributed by atoms with van der Waals surface area (Å²) in [5.41, 5.74) is 0.781. The van der Waals surface area contributed by atoms with Gasteiger partial charge in [0.1, 0.15) is 12.0 Å². The molecular formula is C22H22N2O3. The van der Waals surface area contributed by atoms with Crippen LogP contribution in [0.4, 0.5) is 0 Å². The monoisotopic (exact) mass is 362 g/mol. The van der Waals surface area contributed by atoms with E-state index in [-0.39, 0.29) is 24.3 Å². The molecule has 1 fully saturated rings. The quantitative estimate of drug-likeness (QED) is 0.847. The van der Waals surface area contributed by atoms with E-state index >= 15 is 0 Å². The fraction of sp³-hybridized carbons (Fsp3) is 0.364. The SMILES string of the molecule is CC1=C[C@@H]2C[C@H](O)N(Cc3ccccc3)C(=O)[C@]2(C#N)[C@@H](c2ccco2)C1. The second-order valence-corrected chi connectivity index (χ2v) is 7.51. The lowest BCUT2D eigenvalue weighted by Gasteiger charge is -2.49. The standard InChI is InChI=1S/C22H22N2O3/c1-15-10-17-12-20(25)24(13-16-6-3-2-4-7-16)21(26)22(17,14-23)18(11-15)19-8-5-9-27-19/h2-10,17-18,20,25H,11-13H2,1H3/t17-,18-,20+,22+/m1/s1. The van der Waals surface area contributed by atoms with Crippen molar-refractivity contribution in [3.63, 3.8) is 0 Å². The van der Waals surface area contributed by atoms with Crippen LogP contribution in [0.1, 0.15) is 37.0 Å². The highest BCUT2D eigenvalue weighted by Crippen LogP contribution is 2.54. The number of allylic oxidation sites excluding steroid dienone is 2. The first kappa shape index (κ1) is 17.6. The average molecular weight is 362 g/mol. The van der Waals surface area contributed by atoms with Crippen LogP contribution in [0.25, 0.3) is 0 Å². The Bertz CT molecular complexity index is 897. The molecule has 4 rings (SSSR count). The maximum Gasteiger partial charge on any atom is 0.246 e. The number of aliphatic hydroxyl groups excluding tert-OH is 1. The van der Waals surface area contributed by atoms with Gasteiger partial charge in [-0.25, -0.2) is 0 Å². The smallest absolute Gasteiger partial charge is 0.246 e. The topological polar surface area (TPSA) is 77.5 Å². The van der Waals surface area contributed by atoms with Crippen LogP contribution in [-0.2, 0) is 11.3 Å². The number of hydrogen-bond donors (Lipinski definition) is 1. The van der Waals surface area contributed by atoms with E-state index in [4.69, 9.17) is 4.42 Å². The van der Waals surface area contributed by atoms with Crippen molar-refractivity contribution in [3.8, 4) is 6.07 Å². The molecule has 1 N–H and O–H groups in total. The van der Waals surface area contributed by atoms with Gasteiger partial charge in [0.2, 0.25) is 5.91 Å². The number of carbonyl (C=O) groups excluding carboxylic acids is 1. The number of rotatable bonds is 3. The van der Waals surface area contributed by atoms with E-state index in [1.807, 2.05) is 49.4 Å². The molecule has 0 unspecified atom stereocenters. The Hall–Kier alpha value is -2.84. The van der Waals surface area contributed by atoms with E-state index in [0.717, 1.165) is 11.1 Å². The van der Waals surface area contributed by atoms with Crippen LogP contribution < -0.4 is 0 Å². The molecule has 5 heteroatoms. The minimum atomic E-state index is -1.26. The molecule has 1 aromatic heterocycles. The molecule has 0 spiro atoms. The van der Waals surface area contributed by atoms with Gasteiger partial charge < -0.3 is 14.4 Å². The molecular weight excluding hydrogens is 340 g/mol. The van der Waals surface area contributed by atoms with Gasteiger partial charge in [0.05, 0.1) is 12.3 Å². The zero-order valence-corrected chi connectivity index (χ0v) is 15.2. The molecule has 1 amide bonds. The van der Waals surface area contributed by atoms with Gasteiger partial charge in [0.25, 0.3) is 0 Å². The summed E-state index contributed by atoms with van der Waals surface area (Å²) in [5, 5.41) is 20.9. The number of nitriles is 1. The number of nitrogens with zero attached hydrogens (tertiary/aromatic N) is 2. The third-order valence-corrected chi connectivity index (χ3v) is 5.85. The molecule has 2 aromatic rings. The summed E-state index contributed by atoms with van der Waals surface area (Å²) in [6, 6.07) is 15.5. The fourth-order valence-corrected chi connectivity index (χ4v) is 4.55. The number of benzene rings is 1. The van der Waals surface area contributed by atoms with E-state index in [0.29, 0.717) is 18.6 Å². The first-order valence-corrected chi connectivity index (χ1v) is 9.21. The van der Waals surface area contributed by atoms with Gasteiger partial charge in [-0.05, 0) is 31.0 Å². The van der Waals surface area contributed by atoms with Crippen molar-refractivity contribution in [1.82, 2.24) is 4.90 Å². The molecule has 2 aliphatic rings. The number of fused-ring (bicyclic) bond motifs is 1. The molecule has 4 atom stereocenters. The summed E-state index contributed by atoms with van der Waals surface area (Å²) in [4.78, 5) is 15.1. The Morgan fingerprint density at radius 1 is 1.30 bits per heavy atom. The lowest BCUT2D eigenvalue weighted by Crippen LogP contribution is -2.59. The molecule has 0 radical (unpaired) electrons. The number of hydrogen-bond acceptors (Lipinski definition) is 4. The second-order valence-electron chi connectivity index (χ2n) is 7.51. The van der Waals surface area contributed by atoms with Crippen molar-refractivity contribution in [2.45, 2.75) is 38.5 Å². The van der Waals surface area contributed by atoms with Crippen LogP contribution in [0.5, 0.6) is 0 Å². The molecule has 0 saturated carbocycles. The van der Waals surface area contributed by atoms with Crippen LogP contribution >= 0.6 is 0 Å². The maximum atomic E-state index is 13.6. The summed E-state index contributed by atoms with van der Waals surface area (Å²) in [7, 11) is 0. The maximum absolute atomic E-state index is 13.6. The molecule has 1 aliphatic carbocycles. The van der Waals surface area contributed by atoms with E-state index in [1.54, 1.807) is 12.3 Å². The third-order valence-electron chi connectivity index (χ3n) is 5.85. The second kappa shape index (κ2) is 6.71. The number of furan rings is 1. The lowest BCUT2D eigenvalue weighted by molar-refractivity contribution is -0.166. The van der Waals surface area contributed by atoms with Gasteiger partial charge in [-0.15, -0.1) is 0 Å². The number of piperidine rings is 1. The van der Waals surface area contributed by atoms with Gasteiger partial charge in [0.15, 0.2) is 5.41 Å². The minimum absolute atomic E-state index is 0.282. The summed E-state index contributed by atoms with van der Waals surface area (Å²) < 4.78 is 5.61. The minimum Gasteiger partial charge on any atom is -0.469 e. The van der Waals surface area contributed by atoms with Crippen LogP contribution in [0, 0.1) is 22.7 Å². The van der Waals surface area contributed by atoms with Crippen LogP contribution in [0.3, 0.4) is 0 Å². The highest BCUT2D eigenvalue weighted by atomic mass is 16.3. The number of amides is 1. The van der Waals surface area contributed by atoms with Crippen LogP contribution in [-0.4, -0.2) is 22.1 Å². The Balaban J connectivity index is 1.77. The Kier molecular flexibility index (Phi) is 4.37. The zero-order valence-electron chi connectivity index (χ0n) is 15.2. The van der Waals surface area contributed by atoms with Gasteiger partial charge >= 0.3 is 0 Å². The zero-order chi connectivity index (χ0) is 19.0. The van der Waals surface area contributed by atoms with Gasteiger partial charge in [-0.1, -0.05) is 42.0 Å². The third kappa shape index (κ3) is 2.77. The molecule has 5 nitrogen and oxygen atoms in total. The molecule has 1 aromatic carbocycles. The predicted octanol–water partition coefficient (Wildman–Crippen LogP) is 3.59. The number of likely N-dealkylation sites (tertiary alicyclic amines) is 1. The summed E-state index contributed by atoms with van der Waals surface area (Å²) in [6.45, 7) is 2.29. The molecule has 2 heterocycles. The van der Waals surface area contributed by atoms with E-state index < -0.39 is 11.6 Å². The fourth-order valence-electron chi connectivity index (χ4n) is 4.55. The van der Waals surface area contributed by atoms with Gasteiger partial charge in [-0.2, -0.15) is 5.26 Å². The van der Waals surface area contributed by atoms with Crippen molar-refractivity contribution < 1.29 is 14.3 Å². The average Bonchev–Trinajstić information content (AvgIpc) is 3.20. The van der Waals surface area contributed by atoms with Crippen molar-refractivity contribution in [2.24, 2.45) is 11.3 Å². The van der Waals surface area contributed by atoms with Crippen LogP contribution in [0.2, 0.25) is 0 Å². The predicted molar refractivity (Wildman–Crippen MR) is 99.0 cm³/mol. The van der Waals surface area contributed by atoms with E-state index in [2.05, 4.69) is 6.07 Å². The molecule has 0 bridgehead atoms. The summed E-state index contributed by atoms with van der Waals surface area (Å²) in [5.74, 6) is -0.354. The first-order chi connectivity index (χ1) is 13.1. The van der Waals surface area contributed by atoms with Crippen LogP contribution in [0.15, 0.2) is 64.8 Å². The largest absolute Gasteiger partial charge is 0.469 e. The molecule has 138 valence electrons. The Labute approximate surface area is 158 Å². The van der Waals surface area contributed by atoms with Crippen molar-refractivity contribution >= 4 is 5.91 Å². The highest BCUT2D eigenvalue weighted by Gasteiger charge is 2.60. The first-order valence-electron chi connectivity index (χ1n) is 9.21. The molecule has 1 saturated heterocycles.